The minimum atomic E-state index is -0.185. The van der Waals surface area contributed by atoms with Crippen molar-refractivity contribution in [2.75, 3.05) is 18.5 Å². The maximum absolute atomic E-state index is 12.5. The quantitative estimate of drug-likeness (QED) is 0.774. The Hall–Kier alpha value is -2.82. The first-order valence-corrected chi connectivity index (χ1v) is 8.49. The summed E-state index contributed by atoms with van der Waals surface area (Å²) in [6.07, 6.45) is 0.726. The summed E-state index contributed by atoms with van der Waals surface area (Å²) in [5.41, 5.74) is 1.70. The van der Waals surface area contributed by atoms with Crippen molar-refractivity contribution >= 4 is 17.5 Å². The monoisotopic (exact) mass is 340 g/mol. The first-order valence-electron chi connectivity index (χ1n) is 8.49. The number of ether oxygens (including phenoxy) is 1. The van der Waals surface area contributed by atoms with Crippen molar-refractivity contribution in [1.82, 2.24) is 5.32 Å². The lowest BCUT2D eigenvalue weighted by atomic mass is 9.95. The Labute approximate surface area is 148 Å². The zero-order chi connectivity index (χ0) is 18.1. The first kappa shape index (κ1) is 18.5. The maximum Gasteiger partial charge on any atom is 0.257 e. The van der Waals surface area contributed by atoms with E-state index in [4.69, 9.17) is 4.74 Å². The zero-order valence-corrected chi connectivity index (χ0v) is 14.6. The molecule has 0 aliphatic rings. The third kappa shape index (κ3) is 5.64. The summed E-state index contributed by atoms with van der Waals surface area (Å²) in [5, 5.41) is 5.60. The van der Waals surface area contributed by atoms with Gasteiger partial charge in [0.1, 0.15) is 5.75 Å². The number of hydrogen-bond acceptors (Lipinski definition) is 3. The summed E-state index contributed by atoms with van der Waals surface area (Å²) < 4.78 is 5.39. The van der Waals surface area contributed by atoms with Crippen LogP contribution in [0.2, 0.25) is 0 Å². The Kier molecular flexibility index (Phi) is 7.01. The topological polar surface area (TPSA) is 67.4 Å². The molecule has 0 saturated heterocycles. The van der Waals surface area contributed by atoms with Gasteiger partial charge in [0.25, 0.3) is 5.91 Å². The number of hydrogen-bond donors (Lipinski definition) is 2. The van der Waals surface area contributed by atoms with E-state index in [9.17, 15) is 9.59 Å². The molecule has 2 aromatic rings. The molecule has 2 N–H and O–H groups in total. The molecule has 0 heterocycles. The minimum absolute atomic E-state index is 0.0224. The smallest absolute Gasteiger partial charge is 0.257 e. The summed E-state index contributed by atoms with van der Waals surface area (Å²) in [6, 6.07) is 16.7. The van der Waals surface area contributed by atoms with E-state index in [2.05, 4.69) is 10.6 Å². The SMILES string of the molecule is CCNC(=O)COc1ccc(NC(=O)C(CC)c2ccccc2)cc1. The van der Waals surface area contributed by atoms with Gasteiger partial charge in [-0.3, -0.25) is 9.59 Å². The molecule has 1 unspecified atom stereocenters. The van der Waals surface area contributed by atoms with Crippen LogP contribution in [0.1, 0.15) is 31.7 Å². The van der Waals surface area contributed by atoms with E-state index in [-0.39, 0.29) is 24.3 Å². The Morgan fingerprint density at radius 2 is 1.68 bits per heavy atom. The van der Waals surface area contributed by atoms with E-state index in [0.717, 1.165) is 12.0 Å². The van der Waals surface area contributed by atoms with Crippen LogP contribution in [0.3, 0.4) is 0 Å². The largest absolute Gasteiger partial charge is 0.484 e. The number of amides is 2. The molecule has 0 bridgehead atoms. The molecular weight excluding hydrogens is 316 g/mol. The van der Waals surface area contributed by atoms with Crippen LogP contribution in [0, 0.1) is 0 Å². The van der Waals surface area contributed by atoms with E-state index < -0.39 is 0 Å². The molecule has 0 spiro atoms. The maximum atomic E-state index is 12.5. The normalized spacial score (nSPS) is 11.4. The van der Waals surface area contributed by atoms with E-state index in [1.54, 1.807) is 24.3 Å². The van der Waals surface area contributed by atoms with Gasteiger partial charge in [0.2, 0.25) is 5.91 Å². The van der Waals surface area contributed by atoms with E-state index in [1.807, 2.05) is 44.2 Å². The number of anilines is 1. The Bertz CT molecular complexity index is 684. The molecule has 0 fully saturated rings. The van der Waals surface area contributed by atoms with Crippen molar-refractivity contribution in [3.63, 3.8) is 0 Å². The number of carbonyl (C=O) groups is 2. The lowest BCUT2D eigenvalue weighted by molar-refractivity contribution is -0.123. The van der Waals surface area contributed by atoms with Crippen molar-refractivity contribution in [3.05, 3.63) is 60.2 Å². The van der Waals surface area contributed by atoms with E-state index >= 15 is 0 Å². The number of likely N-dealkylation sites (N-methyl/N-ethyl adjacent to an activating group) is 1. The van der Waals surface area contributed by atoms with Crippen LogP contribution >= 0.6 is 0 Å². The third-order valence-corrected chi connectivity index (χ3v) is 3.79. The van der Waals surface area contributed by atoms with Gasteiger partial charge >= 0.3 is 0 Å². The highest BCUT2D eigenvalue weighted by molar-refractivity contribution is 5.95. The zero-order valence-electron chi connectivity index (χ0n) is 14.6. The van der Waals surface area contributed by atoms with Crippen LogP contribution in [0.4, 0.5) is 5.69 Å². The fraction of sp³-hybridized carbons (Fsp3) is 0.300. The van der Waals surface area contributed by atoms with Crippen molar-refractivity contribution in [1.29, 1.82) is 0 Å². The summed E-state index contributed by atoms with van der Waals surface area (Å²) in [6.45, 7) is 4.41. The molecule has 0 aliphatic heterocycles. The van der Waals surface area contributed by atoms with Crippen LogP contribution in [0.15, 0.2) is 54.6 Å². The molecule has 1 atom stereocenters. The van der Waals surface area contributed by atoms with Gasteiger partial charge in [-0.05, 0) is 43.2 Å². The molecule has 5 nitrogen and oxygen atoms in total. The third-order valence-electron chi connectivity index (χ3n) is 3.79. The highest BCUT2D eigenvalue weighted by Crippen LogP contribution is 2.22. The van der Waals surface area contributed by atoms with Gasteiger partial charge in [0, 0.05) is 12.2 Å². The van der Waals surface area contributed by atoms with Gasteiger partial charge in [-0.2, -0.15) is 0 Å². The summed E-state index contributed by atoms with van der Waals surface area (Å²) in [4.78, 5) is 23.9. The van der Waals surface area contributed by atoms with Crippen LogP contribution in [0.25, 0.3) is 0 Å². The standard InChI is InChI=1S/C20H24N2O3/c1-3-18(15-8-6-5-7-9-15)20(24)22-16-10-12-17(13-11-16)25-14-19(23)21-4-2/h5-13,18H,3-4,14H2,1-2H3,(H,21,23)(H,22,24). The van der Waals surface area contributed by atoms with Crippen LogP contribution in [-0.2, 0) is 9.59 Å². The van der Waals surface area contributed by atoms with Gasteiger partial charge < -0.3 is 15.4 Å². The number of carbonyl (C=O) groups excluding carboxylic acids is 2. The first-order chi connectivity index (χ1) is 12.1. The molecule has 2 rings (SSSR count). The van der Waals surface area contributed by atoms with Crippen LogP contribution in [0.5, 0.6) is 5.75 Å². The molecule has 0 aromatic heterocycles. The molecule has 0 saturated carbocycles. The van der Waals surface area contributed by atoms with Crippen LogP contribution < -0.4 is 15.4 Å². The molecular formula is C20H24N2O3. The number of rotatable bonds is 8. The molecule has 0 aliphatic carbocycles. The summed E-state index contributed by atoms with van der Waals surface area (Å²) in [7, 11) is 0. The molecule has 132 valence electrons. The fourth-order valence-electron chi connectivity index (χ4n) is 2.52. The molecule has 2 aromatic carbocycles. The van der Waals surface area contributed by atoms with Gasteiger partial charge in [-0.25, -0.2) is 0 Å². The second-order valence-electron chi connectivity index (χ2n) is 5.63. The van der Waals surface area contributed by atoms with E-state index in [0.29, 0.717) is 18.0 Å². The Balaban J connectivity index is 1.93. The number of benzene rings is 2. The van der Waals surface area contributed by atoms with Crippen molar-refractivity contribution in [2.24, 2.45) is 0 Å². The average Bonchev–Trinajstić information content (AvgIpc) is 2.63. The lowest BCUT2D eigenvalue weighted by Gasteiger charge is -2.15. The van der Waals surface area contributed by atoms with Gasteiger partial charge in [0.05, 0.1) is 5.92 Å². The molecule has 0 radical (unpaired) electrons. The van der Waals surface area contributed by atoms with E-state index in [1.165, 1.54) is 0 Å². The van der Waals surface area contributed by atoms with Gasteiger partial charge in [-0.15, -0.1) is 0 Å². The molecule has 5 heteroatoms. The van der Waals surface area contributed by atoms with Crippen molar-refractivity contribution in [2.45, 2.75) is 26.2 Å². The summed E-state index contributed by atoms with van der Waals surface area (Å²) >= 11 is 0. The van der Waals surface area contributed by atoms with Gasteiger partial charge in [-0.1, -0.05) is 37.3 Å². The minimum Gasteiger partial charge on any atom is -0.484 e. The highest BCUT2D eigenvalue weighted by atomic mass is 16.5. The Morgan fingerprint density at radius 3 is 2.28 bits per heavy atom. The van der Waals surface area contributed by atoms with Crippen LogP contribution in [-0.4, -0.2) is 25.0 Å². The second kappa shape index (κ2) is 9.47. The van der Waals surface area contributed by atoms with Crippen molar-refractivity contribution in [3.8, 4) is 5.75 Å². The van der Waals surface area contributed by atoms with Crippen molar-refractivity contribution < 1.29 is 14.3 Å². The average molecular weight is 340 g/mol. The predicted molar refractivity (Wildman–Crippen MR) is 98.7 cm³/mol. The lowest BCUT2D eigenvalue weighted by Crippen LogP contribution is -2.28. The fourth-order valence-corrected chi connectivity index (χ4v) is 2.52. The summed E-state index contributed by atoms with van der Waals surface area (Å²) in [5.74, 6) is 0.201. The Morgan fingerprint density at radius 1 is 1.00 bits per heavy atom. The second-order valence-corrected chi connectivity index (χ2v) is 5.63. The number of nitrogens with one attached hydrogen (secondary N) is 2. The highest BCUT2D eigenvalue weighted by Gasteiger charge is 2.18. The van der Waals surface area contributed by atoms with Gasteiger partial charge in [0.15, 0.2) is 6.61 Å². The molecule has 25 heavy (non-hydrogen) atoms. The predicted octanol–water partition coefficient (Wildman–Crippen LogP) is 3.33. The molecule has 2 amide bonds.